The Morgan fingerprint density at radius 2 is 1.82 bits per heavy atom. The summed E-state index contributed by atoms with van der Waals surface area (Å²) in [5.74, 6) is 2.07. The number of halogens is 2. The first-order valence-electron chi connectivity index (χ1n) is 13.0. The standard InChI is InChI=1S/C33H28BrClN2O2/c1-38-31-18-22(17-29(35)33(31)39-20-21-9-13-24(34)14-10-21)19-36-25-15-11-23(12-16-25)32-28-7-4-6-26(28)27-5-2-3-8-30(27)37-32/h2-6,8-19,26,28,32,37H,7,20H2,1H3/t26-,28+,32+/m1/s1. The van der Waals surface area contributed by atoms with Gasteiger partial charge in [0.05, 0.1) is 23.9 Å². The Morgan fingerprint density at radius 3 is 2.62 bits per heavy atom. The van der Waals surface area contributed by atoms with Crippen LogP contribution in [0.25, 0.3) is 0 Å². The van der Waals surface area contributed by atoms with Gasteiger partial charge in [-0.2, -0.15) is 0 Å². The van der Waals surface area contributed by atoms with Gasteiger partial charge in [-0.15, -0.1) is 0 Å². The predicted molar refractivity (Wildman–Crippen MR) is 163 cm³/mol. The van der Waals surface area contributed by atoms with E-state index in [-0.39, 0.29) is 6.04 Å². The minimum atomic E-state index is 0.269. The lowest BCUT2D eigenvalue weighted by Crippen LogP contribution is -2.28. The van der Waals surface area contributed by atoms with Crippen molar-refractivity contribution in [1.29, 1.82) is 0 Å². The van der Waals surface area contributed by atoms with Crippen molar-refractivity contribution < 1.29 is 9.47 Å². The van der Waals surface area contributed by atoms with Crippen LogP contribution >= 0.6 is 27.5 Å². The molecule has 4 aromatic carbocycles. The van der Waals surface area contributed by atoms with Gasteiger partial charge < -0.3 is 14.8 Å². The van der Waals surface area contributed by atoms with Crippen LogP contribution in [0.5, 0.6) is 11.5 Å². The molecule has 0 radical (unpaired) electrons. The molecule has 0 spiro atoms. The number of rotatable bonds is 7. The van der Waals surface area contributed by atoms with Crippen LogP contribution in [0, 0.1) is 5.92 Å². The third-order valence-corrected chi connectivity index (χ3v) is 8.24. The highest BCUT2D eigenvalue weighted by atomic mass is 79.9. The zero-order chi connectivity index (χ0) is 26.8. The second-order valence-corrected chi connectivity index (χ2v) is 11.2. The third kappa shape index (κ3) is 5.47. The molecule has 3 atom stereocenters. The number of nitrogens with zero attached hydrogens (tertiary/aromatic N) is 1. The van der Waals surface area contributed by atoms with Crippen molar-refractivity contribution in [2.75, 3.05) is 12.4 Å². The Balaban J connectivity index is 1.16. The molecule has 6 heteroatoms. The van der Waals surface area contributed by atoms with E-state index in [4.69, 9.17) is 26.1 Å². The highest BCUT2D eigenvalue weighted by Crippen LogP contribution is 2.49. The number of allylic oxidation sites excluding steroid dienone is 2. The fourth-order valence-electron chi connectivity index (χ4n) is 5.48. The second-order valence-electron chi connectivity index (χ2n) is 9.86. The molecular weight excluding hydrogens is 572 g/mol. The van der Waals surface area contributed by atoms with Gasteiger partial charge in [0.25, 0.3) is 0 Å². The van der Waals surface area contributed by atoms with Crippen molar-refractivity contribution >= 4 is 45.1 Å². The number of fused-ring (bicyclic) bond motifs is 3. The van der Waals surface area contributed by atoms with Gasteiger partial charge in [0, 0.05) is 22.3 Å². The molecule has 0 fully saturated rings. The lowest BCUT2D eigenvalue weighted by atomic mass is 9.77. The molecule has 2 aliphatic rings. The number of aliphatic imine (C=N–C) groups is 1. The van der Waals surface area contributed by atoms with E-state index in [1.165, 1.54) is 16.8 Å². The molecule has 0 saturated heterocycles. The maximum absolute atomic E-state index is 6.59. The van der Waals surface area contributed by atoms with Gasteiger partial charge in [0.1, 0.15) is 6.61 Å². The molecule has 1 N–H and O–H groups in total. The minimum Gasteiger partial charge on any atom is -0.493 e. The summed E-state index contributed by atoms with van der Waals surface area (Å²) in [5, 5.41) is 4.27. The van der Waals surface area contributed by atoms with E-state index in [9.17, 15) is 0 Å². The number of nitrogens with one attached hydrogen (secondary N) is 1. The highest BCUT2D eigenvalue weighted by Gasteiger charge is 2.37. The van der Waals surface area contributed by atoms with Crippen LogP contribution in [0.15, 0.2) is 107 Å². The number of para-hydroxylation sites is 1. The van der Waals surface area contributed by atoms with Gasteiger partial charge >= 0.3 is 0 Å². The Hall–Kier alpha value is -3.54. The van der Waals surface area contributed by atoms with Gasteiger partial charge in [-0.3, -0.25) is 4.99 Å². The SMILES string of the molecule is COc1cc(C=Nc2ccc([C@@H]3Nc4ccccc4[C@H]4C=CC[C@@H]43)cc2)cc(Cl)c1OCc1ccc(Br)cc1. The molecule has 1 heterocycles. The van der Waals surface area contributed by atoms with E-state index in [2.05, 4.69) is 81.9 Å². The van der Waals surface area contributed by atoms with Crippen molar-refractivity contribution in [2.45, 2.75) is 25.0 Å². The van der Waals surface area contributed by atoms with Crippen molar-refractivity contribution in [3.63, 3.8) is 0 Å². The molecule has 196 valence electrons. The maximum atomic E-state index is 6.59. The zero-order valence-electron chi connectivity index (χ0n) is 21.5. The van der Waals surface area contributed by atoms with Crippen LogP contribution in [-0.4, -0.2) is 13.3 Å². The average Bonchev–Trinajstić information content (AvgIpc) is 3.46. The molecule has 4 nitrogen and oxygen atoms in total. The third-order valence-electron chi connectivity index (χ3n) is 7.44. The summed E-state index contributed by atoms with van der Waals surface area (Å²) in [4.78, 5) is 4.70. The quantitative estimate of drug-likeness (QED) is 0.170. The summed E-state index contributed by atoms with van der Waals surface area (Å²) in [7, 11) is 1.61. The minimum absolute atomic E-state index is 0.269. The van der Waals surface area contributed by atoms with Crippen LogP contribution in [0.1, 0.15) is 40.6 Å². The fourth-order valence-corrected chi connectivity index (χ4v) is 6.02. The molecule has 4 aromatic rings. The molecule has 0 saturated carbocycles. The number of anilines is 1. The molecule has 39 heavy (non-hydrogen) atoms. The molecule has 0 aromatic heterocycles. The largest absolute Gasteiger partial charge is 0.493 e. The lowest BCUT2D eigenvalue weighted by Gasteiger charge is -2.37. The molecule has 0 unspecified atom stereocenters. The Kier molecular flexibility index (Phi) is 7.45. The van der Waals surface area contributed by atoms with Gasteiger partial charge in [0.15, 0.2) is 11.5 Å². The highest BCUT2D eigenvalue weighted by molar-refractivity contribution is 9.10. The molecule has 1 aliphatic heterocycles. The molecule has 0 amide bonds. The maximum Gasteiger partial charge on any atom is 0.180 e. The molecule has 0 bridgehead atoms. The normalized spacial score (nSPS) is 19.4. The van der Waals surface area contributed by atoms with Gasteiger partial charge in [0.2, 0.25) is 0 Å². The van der Waals surface area contributed by atoms with E-state index in [1.54, 1.807) is 13.3 Å². The monoisotopic (exact) mass is 598 g/mol. The zero-order valence-corrected chi connectivity index (χ0v) is 23.8. The summed E-state index contributed by atoms with van der Waals surface area (Å²) in [6.07, 6.45) is 7.57. The predicted octanol–water partition coefficient (Wildman–Crippen LogP) is 9.27. The van der Waals surface area contributed by atoms with E-state index in [1.807, 2.05) is 36.4 Å². The van der Waals surface area contributed by atoms with Crippen molar-refractivity contribution in [1.82, 2.24) is 0 Å². The van der Waals surface area contributed by atoms with Gasteiger partial charge in [-0.05, 0) is 77.1 Å². The Bertz CT molecular complexity index is 1530. The summed E-state index contributed by atoms with van der Waals surface area (Å²) in [6.45, 7) is 0.391. The Labute approximate surface area is 242 Å². The first-order valence-corrected chi connectivity index (χ1v) is 14.2. The molecule has 6 rings (SSSR count). The number of methoxy groups -OCH3 is 1. The number of hydrogen-bond donors (Lipinski definition) is 1. The summed E-state index contributed by atoms with van der Waals surface area (Å²) in [5.41, 5.74) is 6.65. The van der Waals surface area contributed by atoms with E-state index in [0.717, 1.165) is 27.7 Å². The average molecular weight is 600 g/mol. The van der Waals surface area contributed by atoms with Crippen LogP contribution < -0.4 is 14.8 Å². The van der Waals surface area contributed by atoms with E-state index < -0.39 is 0 Å². The first-order chi connectivity index (χ1) is 19.1. The van der Waals surface area contributed by atoms with E-state index in [0.29, 0.717) is 35.0 Å². The van der Waals surface area contributed by atoms with E-state index >= 15 is 0 Å². The smallest absolute Gasteiger partial charge is 0.180 e. The van der Waals surface area contributed by atoms with Crippen LogP contribution in [0.4, 0.5) is 11.4 Å². The summed E-state index contributed by atoms with van der Waals surface area (Å²) in [6, 6.07) is 29.1. The second kappa shape index (κ2) is 11.3. The van der Waals surface area contributed by atoms with Crippen molar-refractivity contribution in [3.8, 4) is 11.5 Å². The summed E-state index contributed by atoms with van der Waals surface area (Å²) < 4.78 is 12.6. The summed E-state index contributed by atoms with van der Waals surface area (Å²) >= 11 is 10.0. The number of hydrogen-bond acceptors (Lipinski definition) is 4. The number of ether oxygens (including phenoxy) is 2. The number of benzene rings is 4. The molecular formula is C33H28BrClN2O2. The first kappa shape index (κ1) is 25.7. The topological polar surface area (TPSA) is 42.8 Å². The lowest BCUT2D eigenvalue weighted by molar-refractivity contribution is 0.284. The van der Waals surface area contributed by atoms with Gasteiger partial charge in [-0.1, -0.05) is 82.1 Å². The van der Waals surface area contributed by atoms with Gasteiger partial charge in [-0.25, -0.2) is 0 Å². The van der Waals surface area contributed by atoms with Crippen molar-refractivity contribution in [3.05, 3.63) is 129 Å². The molecule has 1 aliphatic carbocycles. The fraction of sp³-hybridized carbons (Fsp3) is 0.182. The van der Waals surface area contributed by atoms with Crippen LogP contribution in [0.2, 0.25) is 5.02 Å². The van der Waals surface area contributed by atoms with Crippen LogP contribution in [0.3, 0.4) is 0 Å². The van der Waals surface area contributed by atoms with Crippen LogP contribution in [-0.2, 0) is 6.61 Å². The van der Waals surface area contributed by atoms with Crippen molar-refractivity contribution in [2.24, 2.45) is 10.9 Å². The Morgan fingerprint density at radius 1 is 1.03 bits per heavy atom.